The summed E-state index contributed by atoms with van der Waals surface area (Å²) in [4.78, 5) is 0. The van der Waals surface area contributed by atoms with E-state index in [0.717, 1.165) is 0 Å². The first-order valence-electron chi connectivity index (χ1n) is 19.4. The van der Waals surface area contributed by atoms with E-state index in [0.29, 0.717) is 5.66 Å². The number of rotatable bonds is 11. The molecule has 10 heteroatoms. The van der Waals surface area contributed by atoms with Gasteiger partial charge in [0.1, 0.15) is 0 Å². The molecule has 8 aromatic rings. The van der Waals surface area contributed by atoms with E-state index in [-0.39, 0.29) is 65.5 Å². The molecule has 1 nitrogen and oxygen atoms in total. The van der Waals surface area contributed by atoms with Crippen molar-refractivity contribution in [3.8, 4) is 0 Å². The van der Waals surface area contributed by atoms with E-state index in [2.05, 4.69) is 231 Å². The molecule has 0 heterocycles. The second-order valence-corrected chi connectivity index (χ2v) is 21.9. The van der Waals surface area contributed by atoms with E-state index in [4.69, 9.17) is 46.4 Å². The Labute approximate surface area is 413 Å². The summed E-state index contributed by atoms with van der Waals surface area (Å²) in [6.07, 6.45) is 2.41. The molecule has 0 radical (unpaired) electrons. The van der Waals surface area contributed by atoms with Crippen LogP contribution in [0.2, 0.25) is 0 Å². The molecule has 0 aliphatic rings. The minimum absolute atomic E-state index is 0. The molecule has 0 aliphatic heterocycles. The van der Waals surface area contributed by atoms with E-state index >= 15 is 0 Å². The van der Waals surface area contributed by atoms with Gasteiger partial charge in [-0.15, -0.1) is 68.8 Å². The molecule has 0 spiro atoms. The minimum atomic E-state index is -0.493. The molecule has 324 valence electrons. The van der Waals surface area contributed by atoms with Crippen molar-refractivity contribution < 1.29 is 38.9 Å². The van der Waals surface area contributed by atoms with Gasteiger partial charge in [-0.05, 0) is 73.6 Å². The standard InChI is InChI=1S/C26H24P2.C24H20P.2CH2Cl2.ClH.H2O.Pt/c1-5-13-23(14-6-1)27(24-15-7-2-8-16-24)21-22-28(25-17-9-3-10-18-25)26-19-11-4-12-20-26;1-19(23-18-10-12-20-11-8-9-17-24(20)23)25(21-13-4-2-5-14-21)22-15-6-3-7-16-22;2*2-1-3;;;/h1-20H,21-22H2;2-17,19H,1H3;2*1H2;1H;1H2;/q;-1;;;;;+2/p-1/t;19-;;;;;/m.1...../s1. The first-order chi connectivity index (χ1) is 29.1. The predicted molar refractivity (Wildman–Crippen MR) is 275 cm³/mol. The van der Waals surface area contributed by atoms with Gasteiger partial charge >= 0.3 is 21.1 Å². The molecule has 8 aromatic carbocycles. The number of hydrogen-bond acceptors (Lipinski definition) is 0. The molecule has 0 saturated heterocycles. The summed E-state index contributed by atoms with van der Waals surface area (Å²) < 4.78 is 0. The smallest absolute Gasteiger partial charge is 1.00 e. The Kier molecular flexibility index (Phi) is 28.8. The van der Waals surface area contributed by atoms with Crippen LogP contribution < -0.4 is 44.2 Å². The van der Waals surface area contributed by atoms with Crippen molar-refractivity contribution in [3.63, 3.8) is 0 Å². The summed E-state index contributed by atoms with van der Waals surface area (Å²) >= 11 is 19.1. The Hall–Kier alpha value is -2.59. The van der Waals surface area contributed by atoms with Crippen LogP contribution in [0.4, 0.5) is 0 Å². The summed E-state index contributed by atoms with van der Waals surface area (Å²) in [6.45, 7) is 2.35. The number of hydrogen-bond donors (Lipinski definition) is 0. The number of halogens is 5. The predicted octanol–water partition coefficient (Wildman–Crippen LogP) is 10.1. The Morgan fingerprint density at radius 3 is 1.02 bits per heavy atom. The van der Waals surface area contributed by atoms with Gasteiger partial charge in [0.2, 0.25) is 0 Å². The maximum atomic E-state index is 4.76. The van der Waals surface area contributed by atoms with E-state index in [9.17, 15) is 0 Å². The molecule has 0 bridgehead atoms. The van der Waals surface area contributed by atoms with Crippen LogP contribution in [0.5, 0.6) is 0 Å². The third-order valence-corrected chi connectivity index (χ3v) is 17.6. The van der Waals surface area contributed by atoms with Gasteiger partial charge in [-0.2, -0.15) is 18.2 Å². The monoisotopic (exact) mass is 1150 g/mol. The summed E-state index contributed by atoms with van der Waals surface area (Å²) in [5.74, 6) is 0. The zero-order chi connectivity index (χ0) is 41.5. The van der Waals surface area contributed by atoms with Crippen LogP contribution in [-0.4, -0.2) is 28.5 Å². The Bertz CT molecular complexity index is 2110. The van der Waals surface area contributed by atoms with Gasteiger partial charge in [-0.3, -0.25) is 0 Å². The third-order valence-electron chi connectivity index (χ3n) is 9.45. The van der Waals surface area contributed by atoms with Crippen molar-refractivity contribution >= 4 is 113 Å². The van der Waals surface area contributed by atoms with Crippen molar-refractivity contribution in [3.05, 3.63) is 230 Å². The van der Waals surface area contributed by atoms with Gasteiger partial charge in [0.15, 0.2) is 0 Å². The molecular formula is C52H50Cl5OP3Pt. The van der Waals surface area contributed by atoms with Gasteiger partial charge in [0.25, 0.3) is 0 Å². The largest absolute Gasteiger partial charge is 2.00 e. The molecule has 0 aliphatic carbocycles. The number of fused-ring (bicyclic) bond motifs is 1. The second-order valence-electron chi connectivity index (χ2n) is 13.0. The fraction of sp³-hybridized carbons (Fsp3) is 0.115. The van der Waals surface area contributed by atoms with Crippen LogP contribution in [0.15, 0.2) is 218 Å². The van der Waals surface area contributed by atoms with Crippen molar-refractivity contribution in [1.29, 1.82) is 0 Å². The molecule has 1 atom stereocenters. The van der Waals surface area contributed by atoms with Crippen molar-refractivity contribution in [1.82, 2.24) is 0 Å². The molecule has 0 saturated carbocycles. The topological polar surface area (TPSA) is 31.5 Å². The zero-order valence-electron chi connectivity index (χ0n) is 34.2. The molecule has 0 aromatic heterocycles. The summed E-state index contributed by atoms with van der Waals surface area (Å²) in [6, 6.07) is 82.4. The van der Waals surface area contributed by atoms with Crippen LogP contribution in [0, 0.1) is 6.07 Å². The first kappa shape index (κ1) is 55.5. The SMILES string of the molecule is C[C@H](c1[c-]ccc2ccccc12)P(c1ccccc1)c1ccccc1.ClCCl.ClCCl.O.[Cl-].[Pt+2].c1ccc(P(CCP(c2ccccc2)c2ccccc2)c2ccccc2)cc1. The van der Waals surface area contributed by atoms with Gasteiger partial charge < -0.3 is 17.9 Å². The molecule has 2 N–H and O–H groups in total. The van der Waals surface area contributed by atoms with Crippen LogP contribution in [-0.2, 0) is 21.1 Å². The second kappa shape index (κ2) is 32.1. The molecule has 0 amide bonds. The van der Waals surface area contributed by atoms with E-state index in [1.165, 1.54) is 60.5 Å². The maximum absolute atomic E-state index is 4.76. The number of benzene rings is 8. The van der Waals surface area contributed by atoms with Gasteiger partial charge in [-0.1, -0.05) is 207 Å². The molecule has 8 rings (SSSR count). The first-order valence-corrected chi connectivity index (χ1v) is 26.0. The summed E-state index contributed by atoms with van der Waals surface area (Å²) in [5.41, 5.74) is 1.71. The molecule has 0 fully saturated rings. The van der Waals surface area contributed by atoms with Crippen LogP contribution in [0.25, 0.3) is 10.8 Å². The zero-order valence-corrected chi connectivity index (χ0v) is 43.0. The Balaban J connectivity index is 0.000000365. The van der Waals surface area contributed by atoms with Crippen molar-refractivity contribution in [2.24, 2.45) is 0 Å². The van der Waals surface area contributed by atoms with E-state index in [1.807, 2.05) is 0 Å². The Morgan fingerprint density at radius 2 is 0.694 bits per heavy atom. The normalized spacial score (nSPS) is 10.6. The molecular weight excluding hydrogens is 1110 g/mol. The molecule has 62 heavy (non-hydrogen) atoms. The maximum Gasteiger partial charge on any atom is 2.00 e. The van der Waals surface area contributed by atoms with Crippen molar-refractivity contribution in [2.45, 2.75) is 12.6 Å². The molecule has 0 unspecified atom stereocenters. The van der Waals surface area contributed by atoms with Gasteiger partial charge in [-0.25, -0.2) is 0 Å². The van der Waals surface area contributed by atoms with Gasteiger partial charge in [0.05, 0.1) is 10.7 Å². The van der Waals surface area contributed by atoms with Crippen LogP contribution >= 0.6 is 70.2 Å². The quantitative estimate of drug-likeness (QED) is 0.0703. The van der Waals surface area contributed by atoms with Crippen molar-refractivity contribution in [2.75, 3.05) is 23.0 Å². The van der Waals surface area contributed by atoms with Crippen LogP contribution in [0.3, 0.4) is 0 Å². The summed E-state index contributed by atoms with van der Waals surface area (Å²) in [5, 5.41) is 11.7. The minimum Gasteiger partial charge on any atom is -1.00 e. The van der Waals surface area contributed by atoms with E-state index in [1.54, 1.807) is 0 Å². The third kappa shape index (κ3) is 17.1. The van der Waals surface area contributed by atoms with Crippen LogP contribution in [0.1, 0.15) is 18.1 Å². The average molecular weight is 1160 g/mol. The fourth-order valence-corrected chi connectivity index (χ4v) is 14.9. The fourth-order valence-electron chi connectivity index (χ4n) is 6.88. The Morgan fingerprint density at radius 1 is 0.419 bits per heavy atom. The van der Waals surface area contributed by atoms with E-state index < -0.39 is 7.92 Å². The number of alkyl halides is 4. The van der Waals surface area contributed by atoms with Gasteiger partial charge in [0, 0.05) is 0 Å². The summed E-state index contributed by atoms with van der Waals surface area (Å²) in [7, 11) is -1.19. The average Bonchev–Trinajstić information content (AvgIpc) is 3.30.